The summed E-state index contributed by atoms with van der Waals surface area (Å²) in [5, 5.41) is 7.66. The molecule has 0 aliphatic heterocycles. The first-order valence-electron chi connectivity index (χ1n) is 7.35. The van der Waals surface area contributed by atoms with E-state index < -0.39 is 0 Å². The summed E-state index contributed by atoms with van der Waals surface area (Å²) in [4.78, 5) is 23.6. The minimum Gasteiger partial charge on any atom is -0.476 e. The molecule has 0 N–H and O–H groups in total. The minimum atomic E-state index is -0.270. The van der Waals surface area contributed by atoms with Crippen molar-refractivity contribution in [3.63, 3.8) is 0 Å². The van der Waals surface area contributed by atoms with Crippen LogP contribution in [0, 0.1) is 11.8 Å². The van der Waals surface area contributed by atoms with Crippen LogP contribution in [0.15, 0.2) is 6.20 Å². The first-order chi connectivity index (χ1) is 10.2. The molecule has 0 amide bonds. The number of ether oxygens (including phenoxy) is 2. The third-order valence-corrected chi connectivity index (χ3v) is 3.71. The molecule has 1 aromatic rings. The lowest BCUT2D eigenvalue weighted by Crippen LogP contribution is -2.35. The predicted molar refractivity (Wildman–Crippen MR) is 73.7 cm³/mol. The highest BCUT2D eigenvalue weighted by molar-refractivity contribution is 5.83. The van der Waals surface area contributed by atoms with E-state index in [1.165, 1.54) is 6.20 Å². The smallest absolute Gasteiger partial charge is 0.309 e. The van der Waals surface area contributed by atoms with Crippen LogP contribution in [0.5, 0.6) is 5.88 Å². The largest absolute Gasteiger partial charge is 0.476 e. The van der Waals surface area contributed by atoms with Gasteiger partial charge in [-0.15, -0.1) is 5.10 Å². The molecule has 1 fully saturated rings. The van der Waals surface area contributed by atoms with Crippen LogP contribution in [0.1, 0.15) is 33.1 Å². The molecule has 2 unspecified atom stereocenters. The van der Waals surface area contributed by atoms with E-state index in [0.29, 0.717) is 44.9 Å². The standard InChI is InChI=1S/C14H21N3O4/c1-3-17-13(8-15-16-17)21-9-10-7-11(18)5-6-12(10)14(19)20-4-2/h8,10,12H,3-7,9H2,1-2H3. The van der Waals surface area contributed by atoms with Gasteiger partial charge in [-0.05, 0) is 20.3 Å². The van der Waals surface area contributed by atoms with Gasteiger partial charge >= 0.3 is 5.97 Å². The Bertz CT molecular complexity index is 500. The van der Waals surface area contributed by atoms with Gasteiger partial charge in [0.15, 0.2) is 0 Å². The molecular formula is C14H21N3O4. The normalized spacial score (nSPS) is 22.1. The maximum Gasteiger partial charge on any atom is 0.309 e. The lowest BCUT2D eigenvalue weighted by molar-refractivity contribution is -0.152. The van der Waals surface area contributed by atoms with Crippen molar-refractivity contribution >= 4 is 11.8 Å². The maximum absolute atomic E-state index is 12.0. The van der Waals surface area contributed by atoms with Crippen LogP contribution in [-0.2, 0) is 20.9 Å². The number of hydrogen-bond acceptors (Lipinski definition) is 6. The molecule has 21 heavy (non-hydrogen) atoms. The zero-order valence-corrected chi connectivity index (χ0v) is 12.4. The van der Waals surface area contributed by atoms with Crippen LogP contribution in [0.4, 0.5) is 0 Å². The molecule has 2 rings (SSSR count). The van der Waals surface area contributed by atoms with Crippen molar-refractivity contribution in [1.29, 1.82) is 0 Å². The second-order valence-electron chi connectivity index (χ2n) is 5.10. The predicted octanol–water partition coefficient (Wildman–Crippen LogP) is 1.23. The fraction of sp³-hybridized carbons (Fsp3) is 0.714. The summed E-state index contributed by atoms with van der Waals surface area (Å²) in [6, 6.07) is 0. The van der Waals surface area contributed by atoms with E-state index >= 15 is 0 Å². The Morgan fingerprint density at radius 1 is 1.48 bits per heavy atom. The van der Waals surface area contributed by atoms with Crippen molar-refractivity contribution in [3.05, 3.63) is 6.20 Å². The van der Waals surface area contributed by atoms with Crippen LogP contribution in [0.25, 0.3) is 0 Å². The van der Waals surface area contributed by atoms with Gasteiger partial charge in [0, 0.05) is 25.3 Å². The maximum atomic E-state index is 12.0. The number of ketones is 1. The number of Topliss-reactive ketones (excluding diaryl/α,β-unsaturated/α-hetero) is 1. The van der Waals surface area contributed by atoms with Gasteiger partial charge in [0.1, 0.15) is 12.0 Å². The van der Waals surface area contributed by atoms with Gasteiger partial charge in [-0.25, -0.2) is 4.68 Å². The second kappa shape index (κ2) is 7.19. The number of aromatic nitrogens is 3. The average Bonchev–Trinajstić information content (AvgIpc) is 2.92. The molecule has 0 bridgehead atoms. The molecule has 0 radical (unpaired) electrons. The zero-order valence-electron chi connectivity index (χ0n) is 12.4. The van der Waals surface area contributed by atoms with Crippen LogP contribution in [-0.4, -0.2) is 40.0 Å². The highest BCUT2D eigenvalue weighted by Gasteiger charge is 2.35. The third kappa shape index (κ3) is 3.80. The van der Waals surface area contributed by atoms with Crippen molar-refractivity contribution in [2.45, 2.75) is 39.7 Å². The first kappa shape index (κ1) is 15.5. The molecule has 7 nitrogen and oxygen atoms in total. The molecule has 7 heteroatoms. The highest BCUT2D eigenvalue weighted by atomic mass is 16.5. The molecule has 2 atom stereocenters. The molecule has 1 aliphatic carbocycles. The Morgan fingerprint density at radius 2 is 2.29 bits per heavy atom. The summed E-state index contributed by atoms with van der Waals surface area (Å²) in [5.74, 6) is 0.0734. The summed E-state index contributed by atoms with van der Waals surface area (Å²) in [5.41, 5.74) is 0. The van der Waals surface area contributed by atoms with Crippen molar-refractivity contribution in [2.24, 2.45) is 11.8 Å². The SMILES string of the molecule is CCOC(=O)C1CCC(=O)CC1COc1cnnn1CC. The summed E-state index contributed by atoms with van der Waals surface area (Å²) in [6.45, 7) is 5.02. The van der Waals surface area contributed by atoms with Gasteiger partial charge < -0.3 is 9.47 Å². The van der Waals surface area contributed by atoms with Crippen LogP contribution in [0.2, 0.25) is 0 Å². The summed E-state index contributed by atoms with van der Waals surface area (Å²) in [7, 11) is 0. The molecule has 1 saturated carbocycles. The lowest BCUT2D eigenvalue weighted by Gasteiger charge is -2.28. The Labute approximate surface area is 123 Å². The van der Waals surface area contributed by atoms with Crippen LogP contribution < -0.4 is 4.74 Å². The number of carbonyl (C=O) groups is 2. The van der Waals surface area contributed by atoms with E-state index in [9.17, 15) is 9.59 Å². The number of esters is 1. The molecule has 0 aromatic carbocycles. The Morgan fingerprint density at radius 3 is 3.00 bits per heavy atom. The minimum absolute atomic E-state index is 0.148. The van der Waals surface area contributed by atoms with E-state index in [1.807, 2.05) is 6.92 Å². The molecule has 0 spiro atoms. The fourth-order valence-electron chi connectivity index (χ4n) is 2.60. The Hall–Kier alpha value is -1.92. The number of aryl methyl sites for hydroxylation is 1. The van der Waals surface area contributed by atoms with E-state index in [2.05, 4.69) is 10.3 Å². The lowest BCUT2D eigenvalue weighted by atomic mass is 9.79. The first-order valence-corrected chi connectivity index (χ1v) is 7.35. The number of rotatable bonds is 6. The molecule has 1 heterocycles. The molecular weight excluding hydrogens is 274 g/mol. The molecule has 116 valence electrons. The van der Waals surface area contributed by atoms with Crippen molar-refractivity contribution < 1.29 is 19.1 Å². The van der Waals surface area contributed by atoms with E-state index in [-0.39, 0.29) is 23.6 Å². The summed E-state index contributed by atoms with van der Waals surface area (Å²) in [6.07, 6.45) is 2.87. The van der Waals surface area contributed by atoms with E-state index in [4.69, 9.17) is 9.47 Å². The Kier molecular flexibility index (Phi) is 5.30. The number of nitrogens with zero attached hydrogens (tertiary/aromatic N) is 3. The van der Waals surface area contributed by atoms with Crippen molar-refractivity contribution in [3.8, 4) is 5.88 Å². The molecule has 1 aliphatic rings. The quantitative estimate of drug-likeness (QED) is 0.734. The monoisotopic (exact) mass is 295 g/mol. The zero-order chi connectivity index (χ0) is 15.2. The van der Waals surface area contributed by atoms with Crippen molar-refractivity contribution in [2.75, 3.05) is 13.2 Å². The van der Waals surface area contributed by atoms with Crippen LogP contribution >= 0.6 is 0 Å². The van der Waals surface area contributed by atoms with Gasteiger partial charge in [-0.1, -0.05) is 5.21 Å². The van der Waals surface area contributed by atoms with Gasteiger partial charge in [0.25, 0.3) is 0 Å². The second-order valence-corrected chi connectivity index (χ2v) is 5.10. The summed E-state index contributed by atoms with van der Waals surface area (Å²) < 4.78 is 12.4. The number of carbonyl (C=O) groups excluding carboxylic acids is 2. The van der Waals surface area contributed by atoms with Gasteiger partial charge in [-0.2, -0.15) is 0 Å². The van der Waals surface area contributed by atoms with Gasteiger partial charge in [0.05, 0.1) is 19.1 Å². The fourth-order valence-corrected chi connectivity index (χ4v) is 2.60. The molecule has 1 aromatic heterocycles. The topological polar surface area (TPSA) is 83.3 Å². The highest BCUT2D eigenvalue weighted by Crippen LogP contribution is 2.30. The van der Waals surface area contributed by atoms with E-state index in [0.717, 1.165) is 0 Å². The van der Waals surface area contributed by atoms with E-state index in [1.54, 1.807) is 11.6 Å². The third-order valence-electron chi connectivity index (χ3n) is 3.71. The van der Waals surface area contributed by atoms with Gasteiger partial charge in [0.2, 0.25) is 5.88 Å². The summed E-state index contributed by atoms with van der Waals surface area (Å²) >= 11 is 0. The number of hydrogen-bond donors (Lipinski definition) is 0. The van der Waals surface area contributed by atoms with Gasteiger partial charge in [-0.3, -0.25) is 9.59 Å². The van der Waals surface area contributed by atoms with Crippen molar-refractivity contribution in [1.82, 2.24) is 15.0 Å². The average molecular weight is 295 g/mol. The molecule has 0 saturated heterocycles. The van der Waals surface area contributed by atoms with Crippen LogP contribution in [0.3, 0.4) is 0 Å². The Balaban J connectivity index is 1.99.